The summed E-state index contributed by atoms with van der Waals surface area (Å²) in [5, 5.41) is 12.5. The first-order valence-electron chi connectivity index (χ1n) is 8.14. The molecule has 0 aromatic carbocycles. The molecule has 0 aliphatic carbocycles. The number of rotatable bonds is 6. The minimum absolute atomic E-state index is 0.242. The first-order chi connectivity index (χ1) is 10.2. The van der Waals surface area contributed by atoms with Gasteiger partial charge in [-0.15, -0.1) is 0 Å². The van der Waals surface area contributed by atoms with Crippen LogP contribution in [0.1, 0.15) is 50.4 Å². The molecule has 2 N–H and O–H groups in total. The quantitative estimate of drug-likeness (QED) is 0.843. The highest BCUT2D eigenvalue weighted by molar-refractivity contribution is 5.59. The number of anilines is 2. The van der Waals surface area contributed by atoms with Gasteiger partial charge in [-0.05, 0) is 39.0 Å². The van der Waals surface area contributed by atoms with Gasteiger partial charge in [0.15, 0.2) is 0 Å². The lowest BCUT2D eigenvalue weighted by Gasteiger charge is -2.37. The fraction of sp³-hybridized carbons (Fsp3) is 0.750. The zero-order valence-electron chi connectivity index (χ0n) is 13.5. The lowest BCUT2D eigenvalue weighted by molar-refractivity contribution is 0.262. The van der Waals surface area contributed by atoms with Gasteiger partial charge in [0, 0.05) is 38.2 Å². The van der Waals surface area contributed by atoms with Gasteiger partial charge in [-0.2, -0.15) is 0 Å². The minimum Gasteiger partial charge on any atom is -0.396 e. The van der Waals surface area contributed by atoms with Crippen LogP contribution in [-0.4, -0.2) is 41.3 Å². The van der Waals surface area contributed by atoms with E-state index in [9.17, 15) is 5.11 Å². The Labute approximate surface area is 127 Å². The highest BCUT2D eigenvalue weighted by atomic mass is 16.3. The van der Waals surface area contributed by atoms with Crippen molar-refractivity contribution in [2.45, 2.75) is 58.4 Å². The van der Waals surface area contributed by atoms with Crippen LogP contribution in [-0.2, 0) is 6.42 Å². The zero-order chi connectivity index (χ0) is 15.2. The monoisotopic (exact) mass is 292 g/mol. The van der Waals surface area contributed by atoms with E-state index in [0.29, 0.717) is 6.04 Å². The first kappa shape index (κ1) is 16.0. The van der Waals surface area contributed by atoms with Crippen molar-refractivity contribution in [3.05, 3.63) is 11.4 Å². The topological polar surface area (TPSA) is 61.3 Å². The summed E-state index contributed by atoms with van der Waals surface area (Å²) in [7, 11) is 1.91. The van der Waals surface area contributed by atoms with Crippen molar-refractivity contribution in [2.24, 2.45) is 0 Å². The molecule has 1 aliphatic rings. The Balaban J connectivity index is 2.37. The number of nitrogens with zero attached hydrogens (tertiary/aromatic N) is 3. The number of hydrogen-bond acceptors (Lipinski definition) is 5. The summed E-state index contributed by atoms with van der Waals surface area (Å²) < 4.78 is 0. The minimum atomic E-state index is 0.242. The smallest absolute Gasteiger partial charge is 0.137 e. The van der Waals surface area contributed by atoms with Gasteiger partial charge in [-0.1, -0.05) is 6.92 Å². The molecule has 0 saturated carbocycles. The third kappa shape index (κ3) is 3.64. The fourth-order valence-electron chi connectivity index (χ4n) is 3.14. The van der Waals surface area contributed by atoms with Gasteiger partial charge in [0.05, 0.1) is 0 Å². The summed E-state index contributed by atoms with van der Waals surface area (Å²) >= 11 is 0. The van der Waals surface area contributed by atoms with Crippen LogP contribution in [0.4, 0.5) is 11.6 Å². The third-order valence-corrected chi connectivity index (χ3v) is 4.24. The molecule has 5 nitrogen and oxygen atoms in total. The Morgan fingerprint density at radius 1 is 1.33 bits per heavy atom. The zero-order valence-corrected chi connectivity index (χ0v) is 13.5. The number of aryl methyl sites for hydroxylation is 1. The van der Waals surface area contributed by atoms with E-state index in [0.717, 1.165) is 55.3 Å². The van der Waals surface area contributed by atoms with Gasteiger partial charge in [-0.25, -0.2) is 9.97 Å². The molecule has 1 aromatic heterocycles. The molecule has 5 heteroatoms. The summed E-state index contributed by atoms with van der Waals surface area (Å²) in [4.78, 5) is 11.8. The Bertz CT molecular complexity index is 462. The Morgan fingerprint density at radius 2 is 2.14 bits per heavy atom. The predicted octanol–water partition coefficient (Wildman–Crippen LogP) is 2.52. The molecule has 2 rings (SSSR count). The Hall–Kier alpha value is -1.36. The predicted molar refractivity (Wildman–Crippen MR) is 87.0 cm³/mol. The van der Waals surface area contributed by atoms with Gasteiger partial charge in [0.2, 0.25) is 0 Å². The van der Waals surface area contributed by atoms with E-state index in [-0.39, 0.29) is 6.61 Å². The second kappa shape index (κ2) is 7.59. The van der Waals surface area contributed by atoms with E-state index in [1.54, 1.807) is 0 Å². The van der Waals surface area contributed by atoms with Crippen molar-refractivity contribution in [2.75, 3.05) is 30.4 Å². The maximum absolute atomic E-state index is 9.32. The summed E-state index contributed by atoms with van der Waals surface area (Å²) in [5.74, 6) is 2.89. The van der Waals surface area contributed by atoms with Gasteiger partial charge in [-0.3, -0.25) is 0 Å². The molecule has 1 aromatic rings. The maximum atomic E-state index is 9.32. The molecule has 0 amide bonds. The van der Waals surface area contributed by atoms with E-state index in [4.69, 9.17) is 4.98 Å². The molecule has 1 aliphatic heterocycles. The van der Waals surface area contributed by atoms with Crippen molar-refractivity contribution in [1.29, 1.82) is 0 Å². The largest absolute Gasteiger partial charge is 0.396 e. The summed E-state index contributed by atoms with van der Waals surface area (Å²) in [5.41, 5.74) is 1.11. The molecule has 0 bridgehead atoms. The van der Waals surface area contributed by atoms with Crippen LogP contribution >= 0.6 is 0 Å². The van der Waals surface area contributed by atoms with Crippen LogP contribution in [0.5, 0.6) is 0 Å². The van der Waals surface area contributed by atoms with Gasteiger partial charge < -0.3 is 15.3 Å². The number of aliphatic hydroxyl groups excluding tert-OH is 1. The molecule has 21 heavy (non-hydrogen) atoms. The number of aliphatic hydroxyl groups is 1. The summed E-state index contributed by atoms with van der Waals surface area (Å²) in [6.07, 6.45) is 6.35. The van der Waals surface area contributed by atoms with E-state index in [1.165, 1.54) is 12.8 Å². The first-order valence-corrected chi connectivity index (χ1v) is 8.14. The molecular formula is C16H28N4O. The second-order valence-corrected chi connectivity index (χ2v) is 5.79. The van der Waals surface area contributed by atoms with E-state index in [2.05, 4.69) is 29.0 Å². The van der Waals surface area contributed by atoms with Crippen LogP contribution < -0.4 is 10.2 Å². The van der Waals surface area contributed by atoms with Crippen molar-refractivity contribution < 1.29 is 5.11 Å². The second-order valence-electron chi connectivity index (χ2n) is 5.79. The molecule has 1 unspecified atom stereocenters. The van der Waals surface area contributed by atoms with Crippen molar-refractivity contribution >= 4 is 11.6 Å². The van der Waals surface area contributed by atoms with Crippen LogP contribution in [0.3, 0.4) is 0 Å². The fourth-order valence-corrected chi connectivity index (χ4v) is 3.14. The molecule has 118 valence electrons. The number of hydrogen-bond donors (Lipinski definition) is 2. The van der Waals surface area contributed by atoms with Crippen molar-refractivity contribution in [3.8, 4) is 0 Å². The molecule has 2 heterocycles. The maximum Gasteiger partial charge on any atom is 0.137 e. The molecule has 1 saturated heterocycles. The number of piperidine rings is 1. The van der Waals surface area contributed by atoms with Crippen LogP contribution in [0.15, 0.2) is 0 Å². The highest BCUT2D eigenvalue weighted by Crippen LogP contribution is 2.30. The Kier molecular flexibility index (Phi) is 5.79. The van der Waals surface area contributed by atoms with Gasteiger partial charge >= 0.3 is 0 Å². The molecule has 1 atom stereocenters. The Morgan fingerprint density at radius 3 is 2.81 bits per heavy atom. The van der Waals surface area contributed by atoms with Crippen LogP contribution in [0.25, 0.3) is 0 Å². The SMILES string of the molecule is CCCc1nc(NC)c(C)c(N2CCCCC2CCO)n1. The summed E-state index contributed by atoms with van der Waals surface area (Å²) in [6, 6.07) is 0.400. The van der Waals surface area contributed by atoms with Crippen molar-refractivity contribution in [3.63, 3.8) is 0 Å². The average molecular weight is 292 g/mol. The van der Waals surface area contributed by atoms with Crippen molar-refractivity contribution in [1.82, 2.24) is 9.97 Å². The standard InChI is InChI=1S/C16H28N4O/c1-4-7-14-18-15(17-3)12(2)16(19-14)20-10-6-5-8-13(20)9-11-21/h13,21H,4-11H2,1-3H3,(H,17,18,19). The van der Waals surface area contributed by atoms with Gasteiger partial charge in [0.1, 0.15) is 17.5 Å². The molecule has 1 fully saturated rings. The molecule has 0 spiro atoms. The normalized spacial score (nSPS) is 18.9. The van der Waals surface area contributed by atoms with E-state index >= 15 is 0 Å². The van der Waals surface area contributed by atoms with E-state index in [1.807, 2.05) is 7.05 Å². The van der Waals surface area contributed by atoms with Crippen LogP contribution in [0.2, 0.25) is 0 Å². The third-order valence-electron chi connectivity index (χ3n) is 4.24. The van der Waals surface area contributed by atoms with E-state index < -0.39 is 0 Å². The van der Waals surface area contributed by atoms with Crippen LogP contribution in [0, 0.1) is 6.92 Å². The lowest BCUT2D eigenvalue weighted by atomic mass is 9.99. The molecular weight excluding hydrogens is 264 g/mol. The number of aromatic nitrogens is 2. The summed E-state index contributed by atoms with van der Waals surface area (Å²) in [6.45, 7) is 5.50. The number of nitrogens with one attached hydrogen (secondary N) is 1. The lowest BCUT2D eigenvalue weighted by Crippen LogP contribution is -2.41. The average Bonchev–Trinajstić information content (AvgIpc) is 2.50. The highest BCUT2D eigenvalue weighted by Gasteiger charge is 2.26. The van der Waals surface area contributed by atoms with Gasteiger partial charge in [0.25, 0.3) is 0 Å². The molecule has 0 radical (unpaired) electrons.